The second-order valence-corrected chi connectivity index (χ2v) is 6.22. The van der Waals surface area contributed by atoms with Crippen molar-refractivity contribution in [1.29, 1.82) is 0 Å². The topological polar surface area (TPSA) is 18.5 Å². The summed E-state index contributed by atoms with van der Waals surface area (Å²) in [7, 11) is 4.42. The van der Waals surface area contributed by atoms with Gasteiger partial charge in [-0.05, 0) is 51.2 Å². The normalized spacial score (nSPS) is 22.4. The molecule has 1 aromatic carbocycles. The van der Waals surface area contributed by atoms with Crippen molar-refractivity contribution in [2.24, 2.45) is 0 Å². The number of halogens is 1. The number of benzene rings is 1. The van der Waals surface area contributed by atoms with Crippen LogP contribution in [0, 0.1) is 5.82 Å². The molecule has 0 bridgehead atoms. The molecule has 2 unspecified atom stereocenters. The van der Waals surface area contributed by atoms with Gasteiger partial charge in [-0.2, -0.15) is 0 Å². The molecule has 0 saturated carbocycles. The molecule has 4 heteroatoms. The molecule has 1 saturated heterocycles. The van der Waals surface area contributed by atoms with Crippen molar-refractivity contribution in [2.75, 3.05) is 40.3 Å². The maximum Gasteiger partial charge on any atom is 0.123 e. The lowest BCUT2D eigenvalue weighted by Crippen LogP contribution is -2.52. The zero-order chi connectivity index (χ0) is 15.2. The van der Waals surface area contributed by atoms with Gasteiger partial charge in [0.25, 0.3) is 0 Å². The lowest BCUT2D eigenvalue weighted by atomic mass is 9.97. The lowest BCUT2D eigenvalue weighted by Gasteiger charge is -2.39. The lowest BCUT2D eigenvalue weighted by molar-refractivity contribution is 0.101. The van der Waals surface area contributed by atoms with E-state index >= 15 is 0 Å². The molecule has 0 radical (unpaired) electrons. The van der Waals surface area contributed by atoms with E-state index in [1.54, 1.807) is 12.1 Å². The minimum atomic E-state index is -0.160. The van der Waals surface area contributed by atoms with Crippen LogP contribution in [0.25, 0.3) is 0 Å². The second kappa shape index (κ2) is 7.87. The second-order valence-electron chi connectivity index (χ2n) is 6.22. The van der Waals surface area contributed by atoms with Crippen molar-refractivity contribution in [3.63, 3.8) is 0 Å². The van der Waals surface area contributed by atoms with E-state index in [-0.39, 0.29) is 5.82 Å². The minimum absolute atomic E-state index is 0.160. The first-order valence-electron chi connectivity index (χ1n) is 7.95. The fraction of sp³-hybridized carbons (Fsp3) is 0.647. The molecule has 2 rings (SSSR count). The number of hydrogen-bond donors (Lipinski definition) is 1. The fourth-order valence-corrected chi connectivity index (χ4v) is 3.12. The van der Waals surface area contributed by atoms with Crippen LogP contribution in [-0.4, -0.2) is 62.2 Å². The Labute approximate surface area is 128 Å². The summed E-state index contributed by atoms with van der Waals surface area (Å²) >= 11 is 0. The van der Waals surface area contributed by atoms with Gasteiger partial charge >= 0.3 is 0 Å². The standard InChI is InChI=1S/C17H28FN3/c1-4-19-16(11-14-5-7-15(18)8-6-14)12-17-13-20(2)9-10-21(17)3/h5-8,16-17,19H,4,9-13H2,1-3H3. The maximum absolute atomic E-state index is 13.0. The van der Waals surface area contributed by atoms with E-state index in [0.717, 1.165) is 39.0 Å². The van der Waals surface area contributed by atoms with Crippen molar-refractivity contribution < 1.29 is 4.39 Å². The van der Waals surface area contributed by atoms with Gasteiger partial charge in [-0.1, -0.05) is 19.1 Å². The highest BCUT2D eigenvalue weighted by Crippen LogP contribution is 2.15. The van der Waals surface area contributed by atoms with Crippen LogP contribution in [-0.2, 0) is 6.42 Å². The highest BCUT2D eigenvalue weighted by molar-refractivity contribution is 5.17. The molecule has 0 spiro atoms. The van der Waals surface area contributed by atoms with Gasteiger partial charge in [-0.15, -0.1) is 0 Å². The summed E-state index contributed by atoms with van der Waals surface area (Å²) in [5.74, 6) is -0.160. The number of nitrogens with zero attached hydrogens (tertiary/aromatic N) is 2. The van der Waals surface area contributed by atoms with Crippen LogP contribution in [0.5, 0.6) is 0 Å². The summed E-state index contributed by atoms with van der Waals surface area (Å²) in [6.07, 6.45) is 2.09. The number of likely N-dealkylation sites (N-methyl/N-ethyl adjacent to an activating group) is 3. The number of piperazine rings is 1. The Morgan fingerprint density at radius 3 is 2.62 bits per heavy atom. The quantitative estimate of drug-likeness (QED) is 0.865. The van der Waals surface area contributed by atoms with Gasteiger partial charge in [0.15, 0.2) is 0 Å². The molecule has 0 aliphatic carbocycles. The van der Waals surface area contributed by atoms with Crippen molar-refractivity contribution in [3.8, 4) is 0 Å². The number of nitrogens with one attached hydrogen (secondary N) is 1. The average Bonchev–Trinajstić information content (AvgIpc) is 2.45. The summed E-state index contributed by atoms with van der Waals surface area (Å²) in [6, 6.07) is 7.94. The number of rotatable bonds is 6. The monoisotopic (exact) mass is 293 g/mol. The van der Waals surface area contributed by atoms with Gasteiger partial charge < -0.3 is 15.1 Å². The van der Waals surface area contributed by atoms with E-state index in [9.17, 15) is 4.39 Å². The van der Waals surface area contributed by atoms with Crippen molar-refractivity contribution in [1.82, 2.24) is 15.1 Å². The molecule has 0 amide bonds. The Bertz CT molecular complexity index is 421. The zero-order valence-corrected chi connectivity index (χ0v) is 13.5. The van der Waals surface area contributed by atoms with E-state index in [0.29, 0.717) is 12.1 Å². The van der Waals surface area contributed by atoms with E-state index in [1.807, 2.05) is 12.1 Å². The zero-order valence-electron chi connectivity index (χ0n) is 13.5. The van der Waals surface area contributed by atoms with E-state index in [4.69, 9.17) is 0 Å². The predicted octanol–water partition coefficient (Wildman–Crippen LogP) is 1.98. The first-order valence-corrected chi connectivity index (χ1v) is 7.95. The van der Waals surface area contributed by atoms with Crippen LogP contribution in [0.3, 0.4) is 0 Å². The molecule has 118 valence electrons. The SMILES string of the molecule is CCNC(Cc1ccc(F)cc1)CC1CN(C)CCN1C. The van der Waals surface area contributed by atoms with Gasteiger partial charge in [0.05, 0.1) is 0 Å². The molecule has 1 aliphatic heterocycles. The minimum Gasteiger partial charge on any atom is -0.314 e. The third kappa shape index (κ3) is 5.06. The Balaban J connectivity index is 1.96. The van der Waals surface area contributed by atoms with Crippen LogP contribution < -0.4 is 5.32 Å². The highest BCUT2D eigenvalue weighted by Gasteiger charge is 2.25. The van der Waals surface area contributed by atoms with Gasteiger partial charge in [-0.25, -0.2) is 4.39 Å². The largest absolute Gasteiger partial charge is 0.314 e. The Hall–Kier alpha value is -0.970. The van der Waals surface area contributed by atoms with Gasteiger partial charge in [0.1, 0.15) is 5.82 Å². The van der Waals surface area contributed by atoms with Crippen LogP contribution in [0.1, 0.15) is 18.9 Å². The van der Waals surface area contributed by atoms with Crippen LogP contribution in [0.4, 0.5) is 4.39 Å². The molecule has 1 fully saturated rings. The molecule has 21 heavy (non-hydrogen) atoms. The summed E-state index contributed by atoms with van der Waals surface area (Å²) in [5, 5.41) is 3.59. The van der Waals surface area contributed by atoms with Crippen molar-refractivity contribution >= 4 is 0 Å². The van der Waals surface area contributed by atoms with Gasteiger partial charge in [0, 0.05) is 31.7 Å². The van der Waals surface area contributed by atoms with E-state index in [1.165, 1.54) is 5.56 Å². The summed E-state index contributed by atoms with van der Waals surface area (Å²) in [6.45, 7) is 6.53. The van der Waals surface area contributed by atoms with Crippen molar-refractivity contribution in [2.45, 2.75) is 31.8 Å². The smallest absolute Gasteiger partial charge is 0.123 e. The van der Waals surface area contributed by atoms with Crippen molar-refractivity contribution in [3.05, 3.63) is 35.6 Å². The molecule has 1 heterocycles. The fourth-order valence-electron chi connectivity index (χ4n) is 3.12. The molecular formula is C17H28FN3. The molecule has 2 atom stereocenters. The Morgan fingerprint density at radius 1 is 1.24 bits per heavy atom. The Kier molecular flexibility index (Phi) is 6.15. The molecule has 1 aliphatic rings. The highest BCUT2D eigenvalue weighted by atomic mass is 19.1. The number of hydrogen-bond acceptors (Lipinski definition) is 3. The summed E-state index contributed by atoms with van der Waals surface area (Å²) < 4.78 is 13.0. The third-order valence-electron chi connectivity index (χ3n) is 4.42. The van der Waals surface area contributed by atoms with Crippen LogP contribution in [0.2, 0.25) is 0 Å². The third-order valence-corrected chi connectivity index (χ3v) is 4.42. The van der Waals surface area contributed by atoms with E-state index in [2.05, 4.69) is 36.1 Å². The Morgan fingerprint density at radius 2 is 1.95 bits per heavy atom. The summed E-state index contributed by atoms with van der Waals surface area (Å²) in [4.78, 5) is 4.88. The van der Waals surface area contributed by atoms with Gasteiger partial charge in [0.2, 0.25) is 0 Å². The summed E-state index contributed by atoms with van der Waals surface area (Å²) in [5.41, 5.74) is 1.20. The molecular weight excluding hydrogens is 265 g/mol. The molecule has 1 N–H and O–H groups in total. The maximum atomic E-state index is 13.0. The molecule has 1 aromatic rings. The van der Waals surface area contributed by atoms with Crippen LogP contribution in [0.15, 0.2) is 24.3 Å². The molecule has 3 nitrogen and oxygen atoms in total. The average molecular weight is 293 g/mol. The van der Waals surface area contributed by atoms with Crippen LogP contribution >= 0.6 is 0 Å². The first-order chi connectivity index (χ1) is 10.1. The predicted molar refractivity (Wildman–Crippen MR) is 86.1 cm³/mol. The molecule has 0 aromatic heterocycles. The first kappa shape index (κ1) is 16.4. The van der Waals surface area contributed by atoms with E-state index < -0.39 is 0 Å². The van der Waals surface area contributed by atoms with Gasteiger partial charge in [-0.3, -0.25) is 0 Å².